The van der Waals surface area contributed by atoms with Crippen molar-refractivity contribution in [3.05, 3.63) is 45.9 Å². The second kappa shape index (κ2) is 7.26. The molecule has 0 saturated heterocycles. The summed E-state index contributed by atoms with van der Waals surface area (Å²) in [6.07, 6.45) is 2.30. The highest BCUT2D eigenvalue weighted by Crippen LogP contribution is 2.16. The van der Waals surface area contributed by atoms with Crippen LogP contribution in [0.4, 0.5) is 0 Å². The average molecular weight is 276 g/mol. The van der Waals surface area contributed by atoms with Crippen LogP contribution in [0.15, 0.2) is 29.6 Å². The van der Waals surface area contributed by atoms with Crippen molar-refractivity contribution in [2.24, 2.45) is 0 Å². The number of thiazole rings is 1. The van der Waals surface area contributed by atoms with Gasteiger partial charge in [0, 0.05) is 11.9 Å². The molecule has 0 atom stereocenters. The van der Waals surface area contributed by atoms with Gasteiger partial charge in [-0.05, 0) is 31.2 Å². The zero-order chi connectivity index (χ0) is 13.5. The zero-order valence-corrected chi connectivity index (χ0v) is 12.3. The lowest BCUT2D eigenvalue weighted by Gasteiger charge is -2.05. The summed E-state index contributed by atoms with van der Waals surface area (Å²) >= 11 is 1.66. The van der Waals surface area contributed by atoms with E-state index in [1.165, 1.54) is 12.0 Å². The van der Waals surface area contributed by atoms with Gasteiger partial charge in [-0.25, -0.2) is 4.98 Å². The number of benzene rings is 1. The third kappa shape index (κ3) is 4.33. The second-order valence-electron chi connectivity index (χ2n) is 4.45. The molecule has 0 saturated carbocycles. The number of nitrogens with one attached hydrogen (secondary N) is 1. The third-order valence-electron chi connectivity index (χ3n) is 2.78. The van der Waals surface area contributed by atoms with E-state index in [9.17, 15) is 0 Å². The number of hydrogen-bond acceptors (Lipinski definition) is 4. The Kier molecular flexibility index (Phi) is 5.36. The first-order valence-corrected chi connectivity index (χ1v) is 7.49. The molecule has 0 aliphatic carbocycles. The van der Waals surface area contributed by atoms with Crippen LogP contribution in [0.5, 0.6) is 5.75 Å². The first-order chi connectivity index (χ1) is 9.31. The highest BCUT2D eigenvalue weighted by molar-refractivity contribution is 7.09. The van der Waals surface area contributed by atoms with Gasteiger partial charge in [-0.3, -0.25) is 0 Å². The molecule has 3 nitrogen and oxygen atoms in total. The third-order valence-corrected chi connectivity index (χ3v) is 3.67. The summed E-state index contributed by atoms with van der Waals surface area (Å²) in [6.45, 7) is 3.54. The SMILES string of the molecule is CCCc1ccc(OCc2csc(CNC)n2)cc1. The summed E-state index contributed by atoms with van der Waals surface area (Å²) in [7, 11) is 1.93. The van der Waals surface area contributed by atoms with E-state index in [4.69, 9.17) is 4.74 Å². The van der Waals surface area contributed by atoms with E-state index >= 15 is 0 Å². The number of ether oxygens (including phenoxy) is 1. The van der Waals surface area contributed by atoms with Crippen LogP contribution in [-0.2, 0) is 19.6 Å². The fourth-order valence-electron chi connectivity index (χ4n) is 1.85. The van der Waals surface area contributed by atoms with E-state index in [1.807, 2.05) is 19.2 Å². The smallest absolute Gasteiger partial charge is 0.131 e. The second-order valence-corrected chi connectivity index (χ2v) is 5.39. The van der Waals surface area contributed by atoms with Crippen molar-refractivity contribution in [2.45, 2.75) is 32.9 Å². The van der Waals surface area contributed by atoms with Crippen molar-refractivity contribution < 1.29 is 4.74 Å². The van der Waals surface area contributed by atoms with Crippen LogP contribution in [0.1, 0.15) is 29.6 Å². The highest BCUT2D eigenvalue weighted by atomic mass is 32.1. The molecule has 2 aromatic rings. The standard InChI is InChI=1S/C15H20N2OS/c1-3-4-12-5-7-14(8-6-12)18-10-13-11-19-15(17-13)9-16-2/h5-8,11,16H,3-4,9-10H2,1-2H3. The molecule has 0 amide bonds. The lowest BCUT2D eigenvalue weighted by Crippen LogP contribution is -2.05. The Morgan fingerprint density at radius 3 is 2.74 bits per heavy atom. The van der Waals surface area contributed by atoms with Gasteiger partial charge in [0.1, 0.15) is 17.4 Å². The van der Waals surface area contributed by atoms with E-state index in [0.29, 0.717) is 6.61 Å². The molecule has 0 bridgehead atoms. The minimum absolute atomic E-state index is 0.535. The minimum Gasteiger partial charge on any atom is -0.487 e. The fourth-order valence-corrected chi connectivity index (χ4v) is 2.64. The Balaban J connectivity index is 1.86. The largest absolute Gasteiger partial charge is 0.487 e. The first-order valence-electron chi connectivity index (χ1n) is 6.61. The lowest BCUT2D eigenvalue weighted by molar-refractivity contribution is 0.302. The van der Waals surface area contributed by atoms with Crippen molar-refractivity contribution in [1.82, 2.24) is 10.3 Å². The quantitative estimate of drug-likeness (QED) is 0.841. The van der Waals surface area contributed by atoms with Crippen LogP contribution in [0, 0.1) is 0 Å². The Morgan fingerprint density at radius 2 is 2.05 bits per heavy atom. The van der Waals surface area contributed by atoms with Crippen molar-refractivity contribution in [3.63, 3.8) is 0 Å². The van der Waals surface area contributed by atoms with Gasteiger partial charge in [0.15, 0.2) is 0 Å². The van der Waals surface area contributed by atoms with E-state index < -0.39 is 0 Å². The molecular weight excluding hydrogens is 256 g/mol. The Morgan fingerprint density at radius 1 is 1.26 bits per heavy atom. The summed E-state index contributed by atoms with van der Waals surface area (Å²) in [5.74, 6) is 0.906. The summed E-state index contributed by atoms with van der Waals surface area (Å²) in [4.78, 5) is 4.49. The Bertz CT molecular complexity index is 493. The number of hydrogen-bond donors (Lipinski definition) is 1. The Hall–Kier alpha value is -1.39. The van der Waals surface area contributed by atoms with Crippen LogP contribution in [0.2, 0.25) is 0 Å². The molecule has 2 rings (SSSR count). The van der Waals surface area contributed by atoms with Crippen molar-refractivity contribution in [1.29, 1.82) is 0 Å². The predicted molar refractivity (Wildman–Crippen MR) is 79.6 cm³/mol. The molecule has 0 unspecified atom stereocenters. The number of aryl methyl sites for hydroxylation is 1. The maximum absolute atomic E-state index is 5.74. The highest BCUT2D eigenvalue weighted by Gasteiger charge is 2.02. The molecule has 102 valence electrons. The number of nitrogens with zero attached hydrogens (tertiary/aromatic N) is 1. The van der Waals surface area contributed by atoms with Gasteiger partial charge in [-0.1, -0.05) is 25.5 Å². The van der Waals surface area contributed by atoms with Crippen molar-refractivity contribution in [2.75, 3.05) is 7.05 Å². The molecule has 0 fully saturated rings. The van der Waals surface area contributed by atoms with E-state index in [0.717, 1.165) is 29.4 Å². The zero-order valence-electron chi connectivity index (χ0n) is 11.5. The fraction of sp³-hybridized carbons (Fsp3) is 0.400. The van der Waals surface area contributed by atoms with Gasteiger partial charge in [0.05, 0.1) is 5.69 Å². The van der Waals surface area contributed by atoms with Gasteiger partial charge in [0.25, 0.3) is 0 Å². The summed E-state index contributed by atoms with van der Waals surface area (Å²) in [5.41, 5.74) is 2.35. The number of aromatic nitrogens is 1. The van der Waals surface area contributed by atoms with Crippen LogP contribution in [0.25, 0.3) is 0 Å². The lowest BCUT2D eigenvalue weighted by atomic mass is 10.1. The van der Waals surface area contributed by atoms with Crippen LogP contribution >= 0.6 is 11.3 Å². The molecule has 0 radical (unpaired) electrons. The maximum atomic E-state index is 5.74. The number of rotatable bonds is 7. The predicted octanol–water partition coefficient (Wildman–Crippen LogP) is 3.39. The normalized spacial score (nSPS) is 10.6. The molecule has 0 aliphatic rings. The Labute approximate surface area is 118 Å². The topological polar surface area (TPSA) is 34.1 Å². The first kappa shape index (κ1) is 14.0. The van der Waals surface area contributed by atoms with Gasteiger partial charge in [0.2, 0.25) is 0 Å². The minimum atomic E-state index is 0.535. The molecule has 0 spiro atoms. The summed E-state index contributed by atoms with van der Waals surface area (Å²) in [5, 5.41) is 6.25. The van der Waals surface area contributed by atoms with Gasteiger partial charge < -0.3 is 10.1 Å². The molecule has 4 heteroatoms. The molecule has 1 N–H and O–H groups in total. The van der Waals surface area contributed by atoms with E-state index in [1.54, 1.807) is 11.3 Å². The van der Waals surface area contributed by atoms with Crippen LogP contribution in [-0.4, -0.2) is 12.0 Å². The monoisotopic (exact) mass is 276 g/mol. The van der Waals surface area contributed by atoms with Crippen LogP contribution < -0.4 is 10.1 Å². The summed E-state index contributed by atoms with van der Waals surface area (Å²) < 4.78 is 5.74. The van der Waals surface area contributed by atoms with Crippen LogP contribution in [0.3, 0.4) is 0 Å². The molecule has 1 heterocycles. The molecule has 1 aromatic carbocycles. The van der Waals surface area contributed by atoms with Gasteiger partial charge in [-0.15, -0.1) is 11.3 Å². The molecular formula is C15H20N2OS. The molecule has 1 aromatic heterocycles. The van der Waals surface area contributed by atoms with E-state index in [2.05, 4.69) is 34.7 Å². The van der Waals surface area contributed by atoms with Gasteiger partial charge >= 0.3 is 0 Å². The van der Waals surface area contributed by atoms with E-state index in [-0.39, 0.29) is 0 Å². The molecule has 0 aliphatic heterocycles. The molecule has 19 heavy (non-hydrogen) atoms. The maximum Gasteiger partial charge on any atom is 0.131 e. The average Bonchev–Trinajstić information content (AvgIpc) is 2.87. The van der Waals surface area contributed by atoms with Crippen molar-refractivity contribution >= 4 is 11.3 Å². The van der Waals surface area contributed by atoms with Gasteiger partial charge in [-0.2, -0.15) is 0 Å². The van der Waals surface area contributed by atoms with Crippen molar-refractivity contribution in [3.8, 4) is 5.75 Å². The summed E-state index contributed by atoms with van der Waals surface area (Å²) in [6, 6.07) is 8.33.